The number of carbonyl (C=O) groups excluding carboxylic acids is 2. The van der Waals surface area contributed by atoms with E-state index >= 15 is 0 Å². The van der Waals surface area contributed by atoms with Crippen LogP contribution < -0.4 is 10.2 Å². The quantitative estimate of drug-likeness (QED) is 0.277. The molecule has 7 nitrogen and oxygen atoms in total. The number of fused-ring (bicyclic) bond motifs is 2. The van der Waals surface area contributed by atoms with Crippen LogP contribution in [0, 0.1) is 0 Å². The van der Waals surface area contributed by atoms with Gasteiger partial charge in [0.05, 0.1) is 17.3 Å². The number of hydrogen-bond donors (Lipinski definition) is 1. The number of rotatable bonds is 8. The van der Waals surface area contributed by atoms with E-state index in [4.69, 9.17) is 4.74 Å². The van der Waals surface area contributed by atoms with Crippen LogP contribution in [0.25, 0.3) is 10.8 Å². The standard InChI is InChI=1S/C33H30N4O3/c38-32-31-30(22-37(35-31)19-18-24-10-3-1-4-11-24)36(20-25-12-5-2-6-13-25)21-27(34-32)23-40-33(39)29-17-9-15-26-14-7-8-16-28(26)29/h1-17,22,27H,18-21,23H2,(H,34,38)/t27-/m1/s1. The maximum Gasteiger partial charge on any atom is 0.338 e. The van der Waals surface area contributed by atoms with Crippen LogP contribution in [0.1, 0.15) is 32.0 Å². The van der Waals surface area contributed by atoms with Gasteiger partial charge in [0, 0.05) is 25.8 Å². The summed E-state index contributed by atoms with van der Waals surface area (Å²) in [5, 5.41) is 9.53. The monoisotopic (exact) mass is 530 g/mol. The molecule has 0 fully saturated rings. The molecule has 0 bridgehead atoms. The van der Waals surface area contributed by atoms with Crippen molar-refractivity contribution in [3.05, 3.63) is 132 Å². The zero-order valence-corrected chi connectivity index (χ0v) is 22.1. The lowest BCUT2D eigenvalue weighted by atomic mass is 10.0. The molecule has 4 aromatic carbocycles. The van der Waals surface area contributed by atoms with E-state index in [-0.39, 0.29) is 12.5 Å². The Bertz CT molecular complexity index is 1630. The molecule has 1 atom stereocenters. The van der Waals surface area contributed by atoms with Crippen molar-refractivity contribution in [2.24, 2.45) is 0 Å². The largest absolute Gasteiger partial charge is 0.460 e. The Labute approximate surface area is 233 Å². The van der Waals surface area contributed by atoms with Gasteiger partial charge in [-0.15, -0.1) is 0 Å². The van der Waals surface area contributed by atoms with Crippen molar-refractivity contribution in [1.29, 1.82) is 0 Å². The Hall–Kier alpha value is -4.91. The van der Waals surface area contributed by atoms with Crippen LogP contribution in [-0.4, -0.2) is 40.9 Å². The summed E-state index contributed by atoms with van der Waals surface area (Å²) in [6.45, 7) is 1.79. The maximum absolute atomic E-state index is 13.3. The van der Waals surface area contributed by atoms with Gasteiger partial charge in [-0.2, -0.15) is 5.10 Å². The third-order valence-electron chi connectivity index (χ3n) is 7.19. The molecule has 5 aromatic rings. The first kappa shape index (κ1) is 25.4. The third kappa shape index (κ3) is 5.59. The van der Waals surface area contributed by atoms with Crippen molar-refractivity contribution >= 4 is 28.3 Å². The van der Waals surface area contributed by atoms with E-state index in [1.807, 2.05) is 83.7 Å². The summed E-state index contributed by atoms with van der Waals surface area (Å²) in [5.41, 5.74) is 4.00. The Morgan fingerprint density at radius 2 is 1.57 bits per heavy atom. The summed E-state index contributed by atoms with van der Waals surface area (Å²) in [7, 11) is 0. The molecule has 0 saturated carbocycles. The fourth-order valence-electron chi connectivity index (χ4n) is 5.18. The van der Waals surface area contributed by atoms with Gasteiger partial charge in [-0.05, 0) is 34.4 Å². The highest BCUT2D eigenvalue weighted by atomic mass is 16.5. The fraction of sp³-hybridized carbons (Fsp3) is 0.182. The van der Waals surface area contributed by atoms with Gasteiger partial charge in [0.1, 0.15) is 6.61 Å². The molecule has 6 rings (SSSR count). The maximum atomic E-state index is 13.3. The number of anilines is 1. The van der Waals surface area contributed by atoms with Crippen molar-refractivity contribution in [2.75, 3.05) is 18.1 Å². The molecule has 0 radical (unpaired) electrons. The van der Waals surface area contributed by atoms with Gasteiger partial charge in [0.25, 0.3) is 5.91 Å². The zero-order valence-electron chi connectivity index (χ0n) is 22.1. The summed E-state index contributed by atoms with van der Waals surface area (Å²) < 4.78 is 7.60. The number of hydrogen-bond acceptors (Lipinski definition) is 5. The first-order chi connectivity index (χ1) is 19.6. The van der Waals surface area contributed by atoms with Crippen LogP contribution in [0.5, 0.6) is 0 Å². The van der Waals surface area contributed by atoms with E-state index < -0.39 is 12.0 Å². The summed E-state index contributed by atoms with van der Waals surface area (Å²) in [6.07, 6.45) is 2.76. The first-order valence-electron chi connectivity index (χ1n) is 13.5. The summed E-state index contributed by atoms with van der Waals surface area (Å²) in [6, 6.07) is 33.3. The molecular weight excluding hydrogens is 500 g/mol. The molecule has 7 heteroatoms. The van der Waals surface area contributed by atoms with Crippen molar-refractivity contribution in [3.8, 4) is 0 Å². The molecule has 0 spiro atoms. The predicted molar refractivity (Wildman–Crippen MR) is 155 cm³/mol. The Morgan fingerprint density at radius 3 is 2.38 bits per heavy atom. The third-order valence-corrected chi connectivity index (χ3v) is 7.19. The molecular formula is C33H30N4O3. The second-order valence-electron chi connectivity index (χ2n) is 10.0. The van der Waals surface area contributed by atoms with Crippen molar-refractivity contribution in [2.45, 2.75) is 25.6 Å². The minimum Gasteiger partial charge on any atom is -0.460 e. The van der Waals surface area contributed by atoms with E-state index in [0.29, 0.717) is 30.9 Å². The minimum atomic E-state index is -0.409. The molecule has 40 heavy (non-hydrogen) atoms. The second kappa shape index (κ2) is 11.5. The molecule has 2 heterocycles. The van der Waals surface area contributed by atoms with Crippen molar-refractivity contribution in [1.82, 2.24) is 15.1 Å². The van der Waals surface area contributed by atoms with Crippen LogP contribution in [0.15, 0.2) is 109 Å². The van der Waals surface area contributed by atoms with Crippen LogP contribution in [0.3, 0.4) is 0 Å². The molecule has 1 aliphatic heterocycles. The lowest BCUT2D eigenvalue weighted by Crippen LogP contribution is -2.44. The van der Waals surface area contributed by atoms with Crippen LogP contribution in [-0.2, 0) is 24.2 Å². The predicted octanol–water partition coefficient (Wildman–Crippen LogP) is 5.25. The van der Waals surface area contributed by atoms with E-state index in [2.05, 4.69) is 39.6 Å². The Morgan fingerprint density at radius 1 is 0.875 bits per heavy atom. The average molecular weight is 531 g/mol. The van der Waals surface area contributed by atoms with Crippen LogP contribution in [0.4, 0.5) is 5.69 Å². The van der Waals surface area contributed by atoms with E-state index in [0.717, 1.165) is 28.4 Å². The normalized spacial score (nSPS) is 14.8. The van der Waals surface area contributed by atoms with E-state index in [1.165, 1.54) is 5.56 Å². The lowest BCUT2D eigenvalue weighted by Gasteiger charge is -2.26. The van der Waals surface area contributed by atoms with Crippen molar-refractivity contribution in [3.63, 3.8) is 0 Å². The van der Waals surface area contributed by atoms with E-state index in [9.17, 15) is 9.59 Å². The molecule has 1 N–H and O–H groups in total. The number of aromatic nitrogens is 2. The number of benzene rings is 4. The number of esters is 1. The Kier molecular flexibility index (Phi) is 7.26. The Balaban J connectivity index is 1.21. The fourth-order valence-corrected chi connectivity index (χ4v) is 5.18. The zero-order chi connectivity index (χ0) is 27.3. The summed E-state index contributed by atoms with van der Waals surface area (Å²) in [5.74, 6) is -0.677. The second-order valence-corrected chi connectivity index (χ2v) is 10.0. The number of amides is 1. The van der Waals surface area contributed by atoms with Gasteiger partial charge in [0.15, 0.2) is 5.69 Å². The van der Waals surface area contributed by atoms with Crippen LogP contribution in [0.2, 0.25) is 0 Å². The van der Waals surface area contributed by atoms with Gasteiger partial charge in [-0.1, -0.05) is 97.1 Å². The van der Waals surface area contributed by atoms with Crippen molar-refractivity contribution < 1.29 is 14.3 Å². The summed E-state index contributed by atoms with van der Waals surface area (Å²) >= 11 is 0. The topological polar surface area (TPSA) is 76.5 Å². The molecule has 1 aliphatic rings. The van der Waals surface area contributed by atoms with Gasteiger partial charge in [0.2, 0.25) is 0 Å². The highest BCUT2D eigenvalue weighted by Crippen LogP contribution is 2.26. The van der Waals surface area contributed by atoms with Gasteiger partial charge >= 0.3 is 5.97 Å². The number of aryl methyl sites for hydroxylation is 2. The average Bonchev–Trinajstić information content (AvgIpc) is 3.39. The molecule has 0 unspecified atom stereocenters. The number of ether oxygens (including phenoxy) is 1. The SMILES string of the molecule is O=C1N[C@@H](COC(=O)c2cccc3ccccc23)CN(Cc2ccccc2)c2cn(CCc3ccccc3)nc21. The molecule has 0 saturated heterocycles. The molecule has 0 aliphatic carbocycles. The van der Waals surface area contributed by atoms with Crippen LogP contribution >= 0.6 is 0 Å². The highest BCUT2D eigenvalue weighted by molar-refractivity contribution is 6.04. The van der Waals surface area contributed by atoms with Gasteiger partial charge in [-0.3, -0.25) is 9.48 Å². The molecule has 1 amide bonds. The molecule has 1 aromatic heterocycles. The lowest BCUT2D eigenvalue weighted by molar-refractivity contribution is 0.0462. The first-order valence-corrected chi connectivity index (χ1v) is 13.5. The smallest absolute Gasteiger partial charge is 0.338 e. The number of nitrogens with one attached hydrogen (secondary N) is 1. The van der Waals surface area contributed by atoms with Gasteiger partial charge < -0.3 is 15.0 Å². The van der Waals surface area contributed by atoms with Gasteiger partial charge in [-0.25, -0.2) is 4.79 Å². The van der Waals surface area contributed by atoms with E-state index in [1.54, 1.807) is 6.07 Å². The highest BCUT2D eigenvalue weighted by Gasteiger charge is 2.30. The minimum absolute atomic E-state index is 0.0529. The summed E-state index contributed by atoms with van der Waals surface area (Å²) in [4.78, 5) is 28.6. The number of carbonyl (C=O) groups is 2. The molecule has 200 valence electrons. The number of nitrogens with zero attached hydrogens (tertiary/aromatic N) is 3.